The van der Waals surface area contributed by atoms with Crippen LogP contribution in [0.25, 0.3) is 5.65 Å². The van der Waals surface area contributed by atoms with Crippen LogP contribution in [0.15, 0.2) is 47.4 Å². The summed E-state index contributed by atoms with van der Waals surface area (Å²) in [7, 11) is 0. The van der Waals surface area contributed by atoms with Crippen LogP contribution >= 0.6 is 0 Å². The highest BCUT2D eigenvalue weighted by Gasteiger charge is 2.10. The normalized spacial score (nSPS) is 11.0. The van der Waals surface area contributed by atoms with E-state index in [0.717, 1.165) is 17.8 Å². The first-order valence-electron chi connectivity index (χ1n) is 8.28. The number of aromatic nitrogens is 2. The van der Waals surface area contributed by atoms with Crippen LogP contribution in [0.5, 0.6) is 0 Å². The van der Waals surface area contributed by atoms with Gasteiger partial charge in [-0.25, -0.2) is 4.98 Å². The molecule has 0 spiro atoms. The van der Waals surface area contributed by atoms with Crippen molar-refractivity contribution < 1.29 is 0 Å². The standard InChI is InChI=1S/C20H23N3O/c1-5-22(18-9-15(3)8-16(4)10-18)13-17-11-20(24)23-12-14(2)6-7-19(23)21-17/h6-12H,5,13H2,1-4H3. The summed E-state index contributed by atoms with van der Waals surface area (Å²) in [6, 6.07) is 12.0. The summed E-state index contributed by atoms with van der Waals surface area (Å²) in [5.74, 6) is 0. The molecule has 0 unspecified atom stereocenters. The van der Waals surface area contributed by atoms with E-state index in [-0.39, 0.29) is 5.56 Å². The van der Waals surface area contributed by atoms with Gasteiger partial charge in [0.1, 0.15) is 5.65 Å². The van der Waals surface area contributed by atoms with E-state index in [1.54, 1.807) is 10.5 Å². The Morgan fingerprint density at radius 2 is 1.71 bits per heavy atom. The molecule has 0 saturated carbocycles. The number of rotatable bonds is 4. The van der Waals surface area contributed by atoms with Crippen LogP contribution in [-0.2, 0) is 6.54 Å². The van der Waals surface area contributed by atoms with E-state index in [4.69, 9.17) is 0 Å². The largest absolute Gasteiger partial charge is 0.366 e. The van der Waals surface area contributed by atoms with Crippen molar-refractivity contribution in [2.24, 2.45) is 0 Å². The van der Waals surface area contributed by atoms with Crippen molar-refractivity contribution in [3.05, 3.63) is 75.3 Å². The van der Waals surface area contributed by atoms with Gasteiger partial charge in [0, 0.05) is 24.5 Å². The zero-order valence-electron chi connectivity index (χ0n) is 14.7. The molecular formula is C20H23N3O. The van der Waals surface area contributed by atoms with Gasteiger partial charge in [0.15, 0.2) is 0 Å². The van der Waals surface area contributed by atoms with Crippen LogP contribution < -0.4 is 10.5 Å². The third-order valence-electron chi connectivity index (χ3n) is 4.17. The number of fused-ring (bicyclic) bond motifs is 1. The van der Waals surface area contributed by atoms with E-state index < -0.39 is 0 Å². The van der Waals surface area contributed by atoms with Crippen LogP contribution in [0.4, 0.5) is 5.69 Å². The Bertz CT molecular complexity index is 923. The maximum atomic E-state index is 12.4. The SMILES string of the molecule is CCN(Cc1cc(=O)n2cc(C)ccc2n1)c1cc(C)cc(C)c1. The van der Waals surface area contributed by atoms with E-state index in [1.165, 1.54) is 16.8 Å². The Morgan fingerprint density at radius 1 is 1.00 bits per heavy atom. The summed E-state index contributed by atoms with van der Waals surface area (Å²) in [6.45, 7) is 9.78. The Hall–Kier alpha value is -2.62. The van der Waals surface area contributed by atoms with E-state index in [1.807, 2.05) is 25.3 Å². The van der Waals surface area contributed by atoms with Gasteiger partial charge in [-0.2, -0.15) is 0 Å². The predicted octanol–water partition coefficient (Wildman–Crippen LogP) is 3.65. The molecule has 4 nitrogen and oxygen atoms in total. The number of hydrogen-bond donors (Lipinski definition) is 0. The lowest BCUT2D eigenvalue weighted by Gasteiger charge is -2.23. The highest BCUT2D eigenvalue weighted by molar-refractivity contribution is 5.51. The van der Waals surface area contributed by atoms with Gasteiger partial charge in [-0.1, -0.05) is 12.1 Å². The zero-order valence-corrected chi connectivity index (χ0v) is 14.7. The lowest BCUT2D eigenvalue weighted by atomic mass is 10.1. The molecule has 2 heterocycles. The molecule has 0 atom stereocenters. The molecule has 3 rings (SSSR count). The minimum Gasteiger partial charge on any atom is -0.366 e. The highest BCUT2D eigenvalue weighted by Crippen LogP contribution is 2.20. The van der Waals surface area contributed by atoms with Gasteiger partial charge in [0.25, 0.3) is 5.56 Å². The monoisotopic (exact) mass is 321 g/mol. The average Bonchev–Trinajstić information content (AvgIpc) is 2.52. The molecule has 4 heteroatoms. The first kappa shape index (κ1) is 16.2. The molecule has 0 saturated heterocycles. The smallest absolute Gasteiger partial charge is 0.258 e. The molecule has 0 fully saturated rings. The molecule has 124 valence electrons. The minimum absolute atomic E-state index is 0.0322. The van der Waals surface area contributed by atoms with Crippen LogP contribution in [-0.4, -0.2) is 15.9 Å². The van der Waals surface area contributed by atoms with E-state index in [0.29, 0.717) is 12.2 Å². The van der Waals surface area contributed by atoms with Crippen molar-refractivity contribution in [1.29, 1.82) is 0 Å². The van der Waals surface area contributed by atoms with Crippen LogP contribution in [0.2, 0.25) is 0 Å². The van der Waals surface area contributed by atoms with Crippen molar-refractivity contribution in [1.82, 2.24) is 9.38 Å². The zero-order chi connectivity index (χ0) is 17.3. The maximum Gasteiger partial charge on any atom is 0.258 e. The van der Waals surface area contributed by atoms with Crippen molar-refractivity contribution in [3.63, 3.8) is 0 Å². The lowest BCUT2D eigenvalue weighted by molar-refractivity contribution is 0.802. The van der Waals surface area contributed by atoms with Crippen LogP contribution in [0.3, 0.4) is 0 Å². The highest BCUT2D eigenvalue weighted by atomic mass is 16.1. The van der Waals surface area contributed by atoms with Gasteiger partial charge in [-0.3, -0.25) is 9.20 Å². The quantitative estimate of drug-likeness (QED) is 0.736. The average molecular weight is 321 g/mol. The third kappa shape index (κ3) is 3.32. The predicted molar refractivity (Wildman–Crippen MR) is 98.8 cm³/mol. The molecule has 0 radical (unpaired) electrons. The molecular weight excluding hydrogens is 298 g/mol. The minimum atomic E-state index is -0.0322. The summed E-state index contributed by atoms with van der Waals surface area (Å²) < 4.78 is 1.60. The van der Waals surface area contributed by atoms with Gasteiger partial charge >= 0.3 is 0 Å². The Labute approximate surface area is 142 Å². The van der Waals surface area contributed by atoms with Crippen molar-refractivity contribution in [3.8, 4) is 0 Å². The van der Waals surface area contributed by atoms with Gasteiger partial charge < -0.3 is 4.90 Å². The van der Waals surface area contributed by atoms with Crippen LogP contribution in [0.1, 0.15) is 29.3 Å². The summed E-state index contributed by atoms with van der Waals surface area (Å²) in [4.78, 5) is 19.3. The molecule has 0 amide bonds. The molecule has 2 aromatic heterocycles. The molecule has 1 aromatic carbocycles. The van der Waals surface area contributed by atoms with E-state index in [2.05, 4.69) is 48.9 Å². The Balaban J connectivity index is 1.98. The number of hydrogen-bond acceptors (Lipinski definition) is 3. The second-order valence-corrected chi connectivity index (χ2v) is 6.38. The fraction of sp³-hybridized carbons (Fsp3) is 0.300. The van der Waals surface area contributed by atoms with Crippen molar-refractivity contribution >= 4 is 11.3 Å². The Morgan fingerprint density at radius 3 is 2.38 bits per heavy atom. The number of aryl methyl sites for hydroxylation is 3. The second-order valence-electron chi connectivity index (χ2n) is 6.38. The number of pyridine rings is 1. The number of benzene rings is 1. The first-order chi connectivity index (χ1) is 11.5. The number of nitrogens with zero attached hydrogens (tertiary/aromatic N) is 3. The first-order valence-corrected chi connectivity index (χ1v) is 8.28. The van der Waals surface area contributed by atoms with E-state index >= 15 is 0 Å². The van der Waals surface area contributed by atoms with Gasteiger partial charge in [0.2, 0.25) is 0 Å². The maximum absolute atomic E-state index is 12.4. The summed E-state index contributed by atoms with van der Waals surface area (Å²) >= 11 is 0. The third-order valence-corrected chi connectivity index (χ3v) is 4.17. The molecule has 24 heavy (non-hydrogen) atoms. The van der Waals surface area contributed by atoms with Gasteiger partial charge in [-0.15, -0.1) is 0 Å². The topological polar surface area (TPSA) is 37.6 Å². The van der Waals surface area contributed by atoms with Gasteiger partial charge in [0.05, 0.1) is 12.2 Å². The molecule has 0 aliphatic rings. The fourth-order valence-electron chi connectivity index (χ4n) is 3.05. The summed E-state index contributed by atoms with van der Waals surface area (Å²) in [5.41, 5.74) is 6.15. The molecule has 0 aliphatic carbocycles. The Kier molecular flexibility index (Phi) is 4.38. The summed E-state index contributed by atoms with van der Waals surface area (Å²) in [5, 5.41) is 0. The molecule has 0 N–H and O–H groups in total. The van der Waals surface area contributed by atoms with Crippen molar-refractivity contribution in [2.75, 3.05) is 11.4 Å². The molecule has 3 aromatic rings. The summed E-state index contributed by atoms with van der Waals surface area (Å²) in [6.07, 6.45) is 1.83. The van der Waals surface area contributed by atoms with Crippen molar-refractivity contribution in [2.45, 2.75) is 34.2 Å². The van der Waals surface area contributed by atoms with E-state index in [9.17, 15) is 4.79 Å². The molecule has 0 aliphatic heterocycles. The lowest BCUT2D eigenvalue weighted by Crippen LogP contribution is -2.25. The second kappa shape index (κ2) is 6.48. The molecule has 0 bridgehead atoms. The van der Waals surface area contributed by atoms with Gasteiger partial charge in [-0.05, 0) is 62.6 Å². The number of anilines is 1. The fourth-order valence-corrected chi connectivity index (χ4v) is 3.05. The van der Waals surface area contributed by atoms with Crippen LogP contribution in [0, 0.1) is 20.8 Å².